The van der Waals surface area contributed by atoms with Crippen LogP contribution in [0, 0.1) is 0 Å². The summed E-state index contributed by atoms with van der Waals surface area (Å²) in [6.07, 6.45) is 2.76. The molecule has 0 aliphatic rings. The molecule has 3 aromatic rings. The van der Waals surface area contributed by atoms with Crippen molar-refractivity contribution in [1.82, 2.24) is 15.7 Å². The first-order valence-corrected chi connectivity index (χ1v) is 9.63. The molecule has 0 aliphatic heterocycles. The average Bonchev–Trinajstić information content (AvgIpc) is 3.21. The largest absolute Gasteiger partial charge is 0.494 e. The Bertz CT molecular complexity index is 868. The molecule has 0 aliphatic carbocycles. The van der Waals surface area contributed by atoms with Gasteiger partial charge in [-0.25, -0.2) is 5.48 Å². The van der Waals surface area contributed by atoms with Crippen LogP contribution in [0.1, 0.15) is 25.7 Å². The number of hydroxylamine groups is 1. The van der Waals surface area contributed by atoms with Gasteiger partial charge in [0.2, 0.25) is 5.91 Å². The van der Waals surface area contributed by atoms with Crippen LogP contribution in [0.2, 0.25) is 0 Å². The fourth-order valence-corrected chi connectivity index (χ4v) is 3.41. The minimum absolute atomic E-state index is 0.326. The lowest BCUT2D eigenvalue weighted by Gasteiger charge is -2.07. The third-order valence-corrected chi connectivity index (χ3v) is 4.99. The van der Waals surface area contributed by atoms with E-state index in [0.717, 1.165) is 46.2 Å². The third kappa shape index (κ3) is 5.60. The fourth-order valence-electron chi connectivity index (χ4n) is 2.57. The van der Waals surface area contributed by atoms with E-state index < -0.39 is 0 Å². The lowest BCUT2D eigenvalue weighted by Crippen LogP contribution is -2.17. The Morgan fingerprint density at radius 3 is 2.48 bits per heavy atom. The lowest BCUT2D eigenvalue weighted by atomic mass is 10.2. The van der Waals surface area contributed by atoms with Gasteiger partial charge >= 0.3 is 0 Å². The van der Waals surface area contributed by atoms with Crippen molar-refractivity contribution in [3.05, 3.63) is 54.6 Å². The first kappa shape index (κ1) is 19.0. The SMILES string of the molecule is O=C(CCCCCOc1cccc(-c2nnc(-c3ccccc3)s2)c1)NO. The molecule has 0 saturated heterocycles. The van der Waals surface area contributed by atoms with E-state index in [0.29, 0.717) is 13.0 Å². The molecule has 6 nitrogen and oxygen atoms in total. The van der Waals surface area contributed by atoms with E-state index in [-0.39, 0.29) is 5.91 Å². The quantitative estimate of drug-likeness (QED) is 0.327. The number of carbonyl (C=O) groups excluding carboxylic acids is 1. The van der Waals surface area contributed by atoms with Gasteiger partial charge in [-0.3, -0.25) is 10.0 Å². The number of unbranched alkanes of at least 4 members (excludes halogenated alkanes) is 2. The highest BCUT2D eigenvalue weighted by Gasteiger charge is 2.09. The molecule has 0 radical (unpaired) electrons. The summed E-state index contributed by atoms with van der Waals surface area (Å²) in [4.78, 5) is 10.9. The van der Waals surface area contributed by atoms with E-state index in [4.69, 9.17) is 9.94 Å². The maximum absolute atomic E-state index is 10.9. The van der Waals surface area contributed by atoms with E-state index in [1.54, 1.807) is 16.8 Å². The molecule has 0 saturated carbocycles. The Balaban J connectivity index is 1.53. The van der Waals surface area contributed by atoms with Gasteiger partial charge in [-0.05, 0) is 31.4 Å². The molecule has 3 rings (SSSR count). The Morgan fingerprint density at radius 2 is 1.70 bits per heavy atom. The summed E-state index contributed by atoms with van der Waals surface area (Å²) in [5.74, 6) is 0.438. The number of rotatable bonds is 9. The molecule has 2 N–H and O–H groups in total. The topological polar surface area (TPSA) is 84.3 Å². The summed E-state index contributed by atoms with van der Waals surface area (Å²) in [7, 11) is 0. The minimum Gasteiger partial charge on any atom is -0.494 e. The predicted molar refractivity (Wildman–Crippen MR) is 105 cm³/mol. The number of hydrogen-bond acceptors (Lipinski definition) is 6. The zero-order valence-electron chi connectivity index (χ0n) is 14.8. The van der Waals surface area contributed by atoms with Crippen LogP contribution in [0.4, 0.5) is 0 Å². The zero-order valence-corrected chi connectivity index (χ0v) is 15.6. The molecular formula is C20H21N3O3S. The number of ether oxygens (including phenoxy) is 1. The molecule has 7 heteroatoms. The molecule has 1 amide bonds. The van der Waals surface area contributed by atoms with Crippen LogP contribution in [0.15, 0.2) is 54.6 Å². The monoisotopic (exact) mass is 383 g/mol. The smallest absolute Gasteiger partial charge is 0.243 e. The number of nitrogens with one attached hydrogen (secondary N) is 1. The van der Waals surface area contributed by atoms with Crippen molar-refractivity contribution in [3.8, 4) is 26.9 Å². The van der Waals surface area contributed by atoms with Crippen molar-refractivity contribution < 1.29 is 14.7 Å². The van der Waals surface area contributed by atoms with E-state index in [9.17, 15) is 4.79 Å². The van der Waals surface area contributed by atoms with Crippen LogP contribution < -0.4 is 10.2 Å². The minimum atomic E-state index is -0.351. The van der Waals surface area contributed by atoms with Gasteiger partial charge in [-0.2, -0.15) is 0 Å². The number of amides is 1. The van der Waals surface area contributed by atoms with Crippen molar-refractivity contribution in [2.24, 2.45) is 0 Å². The molecule has 0 atom stereocenters. The highest BCUT2D eigenvalue weighted by molar-refractivity contribution is 7.17. The Kier molecular flexibility index (Phi) is 6.90. The van der Waals surface area contributed by atoms with Crippen molar-refractivity contribution >= 4 is 17.2 Å². The maximum atomic E-state index is 10.9. The van der Waals surface area contributed by atoms with Gasteiger partial charge in [0, 0.05) is 17.5 Å². The van der Waals surface area contributed by atoms with E-state index in [2.05, 4.69) is 10.2 Å². The summed E-state index contributed by atoms with van der Waals surface area (Å²) >= 11 is 1.55. The Labute approximate surface area is 161 Å². The molecule has 0 bridgehead atoms. The van der Waals surface area contributed by atoms with Crippen molar-refractivity contribution in [2.75, 3.05) is 6.61 Å². The van der Waals surface area contributed by atoms with Gasteiger partial charge in [0.1, 0.15) is 15.8 Å². The molecule has 0 fully saturated rings. The predicted octanol–water partition coefficient (Wildman–Crippen LogP) is 4.32. The molecule has 1 aromatic heterocycles. The normalized spacial score (nSPS) is 10.6. The molecule has 0 unspecified atom stereocenters. The number of benzene rings is 2. The average molecular weight is 383 g/mol. The van der Waals surface area contributed by atoms with Crippen LogP contribution in [0.5, 0.6) is 5.75 Å². The van der Waals surface area contributed by atoms with Gasteiger partial charge < -0.3 is 4.74 Å². The van der Waals surface area contributed by atoms with Gasteiger partial charge in [-0.15, -0.1) is 10.2 Å². The van der Waals surface area contributed by atoms with Gasteiger partial charge in [0.25, 0.3) is 0 Å². The first-order valence-electron chi connectivity index (χ1n) is 8.81. The van der Waals surface area contributed by atoms with Crippen LogP contribution >= 0.6 is 11.3 Å². The van der Waals surface area contributed by atoms with Gasteiger partial charge in [0.15, 0.2) is 0 Å². The van der Waals surface area contributed by atoms with Crippen LogP contribution in [-0.2, 0) is 4.79 Å². The zero-order chi connectivity index (χ0) is 18.9. The van der Waals surface area contributed by atoms with E-state index >= 15 is 0 Å². The number of aromatic nitrogens is 2. The molecule has 0 spiro atoms. The number of nitrogens with zero attached hydrogens (tertiary/aromatic N) is 2. The lowest BCUT2D eigenvalue weighted by molar-refractivity contribution is -0.129. The number of carbonyl (C=O) groups is 1. The van der Waals surface area contributed by atoms with Gasteiger partial charge in [0.05, 0.1) is 6.61 Å². The highest BCUT2D eigenvalue weighted by Crippen LogP contribution is 2.31. The molecule has 1 heterocycles. The standard InChI is InChI=1S/C20H21N3O3S/c24-18(23-25)12-5-2-6-13-26-17-11-7-10-16(14-17)20-22-21-19(27-20)15-8-3-1-4-9-15/h1,3-4,7-11,14,25H,2,5-6,12-13H2,(H,23,24). The molecule has 27 heavy (non-hydrogen) atoms. The van der Waals surface area contributed by atoms with Crippen molar-refractivity contribution in [3.63, 3.8) is 0 Å². The second-order valence-electron chi connectivity index (χ2n) is 6.00. The first-order chi connectivity index (χ1) is 13.3. The molecular weight excluding hydrogens is 362 g/mol. The molecule has 140 valence electrons. The summed E-state index contributed by atoms with van der Waals surface area (Å²) < 4.78 is 5.80. The second kappa shape index (κ2) is 9.80. The highest BCUT2D eigenvalue weighted by atomic mass is 32.1. The van der Waals surface area contributed by atoms with Crippen LogP contribution in [0.25, 0.3) is 21.1 Å². The van der Waals surface area contributed by atoms with E-state index in [1.807, 2.05) is 54.6 Å². The van der Waals surface area contributed by atoms with Crippen LogP contribution in [-0.4, -0.2) is 27.9 Å². The van der Waals surface area contributed by atoms with Crippen molar-refractivity contribution in [2.45, 2.75) is 25.7 Å². The van der Waals surface area contributed by atoms with Gasteiger partial charge in [-0.1, -0.05) is 53.8 Å². The van der Waals surface area contributed by atoms with Crippen LogP contribution in [0.3, 0.4) is 0 Å². The third-order valence-electron chi connectivity index (χ3n) is 3.97. The maximum Gasteiger partial charge on any atom is 0.243 e. The summed E-state index contributed by atoms with van der Waals surface area (Å²) in [5.41, 5.74) is 3.67. The van der Waals surface area contributed by atoms with Crippen molar-refractivity contribution in [1.29, 1.82) is 0 Å². The second-order valence-corrected chi connectivity index (χ2v) is 6.98. The Morgan fingerprint density at radius 1 is 0.963 bits per heavy atom. The Hall–Kier alpha value is -2.77. The molecule has 2 aromatic carbocycles. The number of hydrogen-bond donors (Lipinski definition) is 2. The summed E-state index contributed by atoms with van der Waals surface area (Å²) in [6.45, 7) is 0.579. The summed E-state index contributed by atoms with van der Waals surface area (Å²) in [6, 6.07) is 17.8. The summed E-state index contributed by atoms with van der Waals surface area (Å²) in [5, 5.41) is 18.8. The van der Waals surface area contributed by atoms with E-state index in [1.165, 1.54) is 0 Å². The fraction of sp³-hybridized carbons (Fsp3) is 0.250.